The molecule has 1 saturated carbocycles. The van der Waals surface area contributed by atoms with Gasteiger partial charge in [-0.25, -0.2) is 0 Å². The highest BCUT2D eigenvalue weighted by atomic mass is 15.2. The van der Waals surface area contributed by atoms with Gasteiger partial charge in [0.1, 0.15) is 5.54 Å². The van der Waals surface area contributed by atoms with Gasteiger partial charge in [0.05, 0.1) is 6.07 Å². The van der Waals surface area contributed by atoms with Crippen molar-refractivity contribution in [1.29, 1.82) is 5.26 Å². The van der Waals surface area contributed by atoms with E-state index in [-0.39, 0.29) is 5.54 Å². The molecular weight excluding hydrogens is 174 g/mol. The molecule has 0 radical (unpaired) electrons. The van der Waals surface area contributed by atoms with E-state index in [4.69, 9.17) is 5.26 Å². The minimum Gasteiger partial charge on any atom is -0.311 e. The van der Waals surface area contributed by atoms with Crippen molar-refractivity contribution < 1.29 is 0 Å². The predicted molar refractivity (Wildman–Crippen MR) is 55.8 cm³/mol. The molecule has 14 heavy (non-hydrogen) atoms. The highest BCUT2D eigenvalue weighted by Gasteiger charge is 2.38. The maximum Gasteiger partial charge on any atom is 0.132 e. The van der Waals surface area contributed by atoms with Crippen molar-refractivity contribution in [3.8, 4) is 6.07 Å². The quantitative estimate of drug-likeness (QED) is 0.647. The van der Waals surface area contributed by atoms with E-state index in [9.17, 15) is 0 Å². The van der Waals surface area contributed by atoms with Gasteiger partial charge in [0.2, 0.25) is 0 Å². The third-order valence-corrected chi connectivity index (χ3v) is 3.40. The molecule has 3 heteroatoms. The smallest absolute Gasteiger partial charge is 0.132 e. The van der Waals surface area contributed by atoms with E-state index >= 15 is 0 Å². The van der Waals surface area contributed by atoms with Crippen LogP contribution < -0.4 is 10.6 Å². The first-order valence-corrected chi connectivity index (χ1v) is 5.74. The molecule has 0 aromatic rings. The Morgan fingerprint density at radius 1 is 1.14 bits per heavy atom. The van der Waals surface area contributed by atoms with Crippen LogP contribution >= 0.6 is 0 Å². The summed E-state index contributed by atoms with van der Waals surface area (Å²) in [6.07, 6.45) is 7.90. The molecule has 0 spiro atoms. The van der Waals surface area contributed by atoms with Crippen molar-refractivity contribution in [2.45, 2.75) is 50.1 Å². The average Bonchev–Trinajstić information content (AvgIpc) is 2.39. The maximum absolute atomic E-state index is 9.08. The van der Waals surface area contributed by atoms with Crippen molar-refractivity contribution in [2.24, 2.45) is 0 Å². The third kappa shape index (κ3) is 2.08. The Morgan fingerprint density at radius 2 is 1.79 bits per heavy atom. The molecule has 78 valence electrons. The number of hydrogen-bond acceptors (Lipinski definition) is 3. The molecule has 1 aliphatic heterocycles. The summed E-state index contributed by atoms with van der Waals surface area (Å²) in [7, 11) is 0. The lowest BCUT2D eigenvalue weighted by molar-refractivity contribution is 0.243. The fraction of sp³-hybridized carbons (Fsp3) is 0.909. The normalized spacial score (nSPS) is 27.4. The van der Waals surface area contributed by atoms with Gasteiger partial charge in [-0.15, -0.1) is 0 Å². The van der Waals surface area contributed by atoms with Crippen molar-refractivity contribution >= 4 is 0 Å². The minimum atomic E-state index is -0.241. The second kappa shape index (κ2) is 4.29. The van der Waals surface area contributed by atoms with Crippen molar-refractivity contribution in [3.05, 3.63) is 0 Å². The van der Waals surface area contributed by atoms with Crippen molar-refractivity contribution in [3.63, 3.8) is 0 Å². The van der Waals surface area contributed by atoms with E-state index in [1.165, 1.54) is 38.5 Å². The van der Waals surface area contributed by atoms with Crippen LogP contribution in [0.2, 0.25) is 0 Å². The Morgan fingerprint density at radius 3 is 2.21 bits per heavy atom. The Kier molecular flexibility index (Phi) is 3.05. The fourth-order valence-electron chi connectivity index (χ4n) is 2.40. The Hall–Kier alpha value is -0.590. The van der Waals surface area contributed by atoms with E-state index in [1.54, 1.807) is 0 Å². The molecule has 0 aromatic carbocycles. The van der Waals surface area contributed by atoms with Crippen molar-refractivity contribution in [2.75, 3.05) is 13.1 Å². The topological polar surface area (TPSA) is 47.9 Å². The van der Waals surface area contributed by atoms with Gasteiger partial charge in [-0.1, -0.05) is 25.7 Å². The Labute approximate surface area is 85.9 Å². The summed E-state index contributed by atoms with van der Waals surface area (Å²) in [4.78, 5) is 0. The van der Waals surface area contributed by atoms with E-state index < -0.39 is 0 Å². The molecule has 1 aliphatic carbocycles. The van der Waals surface area contributed by atoms with Crippen LogP contribution in [0.5, 0.6) is 0 Å². The Balaban J connectivity index is 1.86. The van der Waals surface area contributed by atoms with Gasteiger partial charge in [-0.2, -0.15) is 5.26 Å². The summed E-state index contributed by atoms with van der Waals surface area (Å²) < 4.78 is 0. The molecule has 2 rings (SSSR count). The van der Waals surface area contributed by atoms with Crippen LogP contribution in [0, 0.1) is 11.3 Å². The second-order valence-corrected chi connectivity index (χ2v) is 4.63. The van der Waals surface area contributed by atoms with Crippen LogP contribution in [0.15, 0.2) is 0 Å². The fourth-order valence-corrected chi connectivity index (χ4v) is 2.40. The lowest BCUT2D eigenvalue weighted by Gasteiger charge is -2.40. The zero-order valence-corrected chi connectivity index (χ0v) is 8.68. The third-order valence-electron chi connectivity index (χ3n) is 3.40. The first-order valence-electron chi connectivity index (χ1n) is 5.74. The molecule has 1 saturated heterocycles. The zero-order chi connectivity index (χ0) is 9.86. The van der Waals surface area contributed by atoms with Gasteiger partial charge in [0.15, 0.2) is 0 Å². The molecule has 0 atom stereocenters. The SMILES string of the molecule is N#CC1(NC2CCCCCC2)CNC1. The monoisotopic (exact) mass is 193 g/mol. The lowest BCUT2D eigenvalue weighted by Crippen LogP contribution is -2.68. The average molecular weight is 193 g/mol. The van der Waals surface area contributed by atoms with Gasteiger partial charge < -0.3 is 5.32 Å². The summed E-state index contributed by atoms with van der Waals surface area (Å²) in [6, 6.07) is 2.99. The lowest BCUT2D eigenvalue weighted by atomic mass is 9.92. The van der Waals surface area contributed by atoms with E-state index in [0.29, 0.717) is 6.04 Å². The number of rotatable bonds is 2. The van der Waals surface area contributed by atoms with Crippen LogP contribution in [-0.4, -0.2) is 24.7 Å². The molecule has 0 unspecified atom stereocenters. The molecule has 2 fully saturated rings. The van der Waals surface area contributed by atoms with Crippen LogP contribution in [0.25, 0.3) is 0 Å². The van der Waals surface area contributed by atoms with Crippen LogP contribution in [0.1, 0.15) is 38.5 Å². The van der Waals surface area contributed by atoms with Gasteiger partial charge in [-0.3, -0.25) is 5.32 Å². The molecule has 2 N–H and O–H groups in total. The molecule has 3 nitrogen and oxygen atoms in total. The van der Waals surface area contributed by atoms with Crippen molar-refractivity contribution in [1.82, 2.24) is 10.6 Å². The summed E-state index contributed by atoms with van der Waals surface area (Å²) in [5.41, 5.74) is -0.241. The maximum atomic E-state index is 9.08. The standard InChI is InChI=1S/C11H19N3/c12-7-11(8-13-9-11)14-10-5-3-1-2-4-6-10/h10,13-14H,1-6,8-9H2. The van der Waals surface area contributed by atoms with Gasteiger partial charge in [0, 0.05) is 19.1 Å². The summed E-state index contributed by atoms with van der Waals surface area (Å²) in [6.45, 7) is 1.64. The number of nitrogens with zero attached hydrogens (tertiary/aromatic N) is 1. The number of nitriles is 1. The van der Waals surface area contributed by atoms with E-state index in [1.807, 2.05) is 0 Å². The first kappa shape index (κ1) is 9.95. The minimum absolute atomic E-state index is 0.241. The summed E-state index contributed by atoms with van der Waals surface area (Å²) in [5.74, 6) is 0. The van der Waals surface area contributed by atoms with Gasteiger partial charge in [-0.05, 0) is 12.8 Å². The van der Waals surface area contributed by atoms with Crippen LogP contribution in [0.4, 0.5) is 0 Å². The molecule has 0 amide bonds. The largest absolute Gasteiger partial charge is 0.311 e. The highest BCUT2D eigenvalue weighted by molar-refractivity contribution is 5.17. The first-order chi connectivity index (χ1) is 6.85. The molecular formula is C11H19N3. The van der Waals surface area contributed by atoms with Gasteiger partial charge >= 0.3 is 0 Å². The second-order valence-electron chi connectivity index (χ2n) is 4.63. The molecule has 1 heterocycles. The zero-order valence-electron chi connectivity index (χ0n) is 8.68. The Bertz CT molecular complexity index is 219. The molecule has 2 aliphatic rings. The molecule has 0 bridgehead atoms. The van der Waals surface area contributed by atoms with Crippen LogP contribution in [0.3, 0.4) is 0 Å². The highest BCUT2D eigenvalue weighted by Crippen LogP contribution is 2.20. The van der Waals surface area contributed by atoms with Gasteiger partial charge in [0.25, 0.3) is 0 Å². The van der Waals surface area contributed by atoms with E-state index in [2.05, 4.69) is 16.7 Å². The molecule has 0 aromatic heterocycles. The number of hydrogen-bond donors (Lipinski definition) is 2. The van der Waals surface area contributed by atoms with Crippen LogP contribution in [-0.2, 0) is 0 Å². The predicted octanol–water partition coefficient (Wildman–Crippen LogP) is 1.16. The summed E-state index contributed by atoms with van der Waals surface area (Å²) in [5, 5.41) is 15.8. The summed E-state index contributed by atoms with van der Waals surface area (Å²) >= 11 is 0. The van der Waals surface area contributed by atoms with E-state index in [0.717, 1.165) is 13.1 Å². The number of nitrogens with one attached hydrogen (secondary N) is 2.